The molecule has 0 fully saturated rings. The van der Waals surface area contributed by atoms with Gasteiger partial charge >= 0.3 is 0 Å². The highest BCUT2D eigenvalue weighted by atomic mass is 35.5. The van der Waals surface area contributed by atoms with Crippen LogP contribution in [-0.4, -0.2) is 28.9 Å². The molecule has 0 amide bonds. The maximum Gasteiger partial charge on any atom is 0.121 e. The molecule has 0 saturated carbocycles. The lowest BCUT2D eigenvalue weighted by Gasteiger charge is -2.19. The molecular formula is C20H28Cl2N2O2. The van der Waals surface area contributed by atoms with Crippen molar-refractivity contribution in [1.82, 2.24) is 9.55 Å². The molecule has 1 aromatic carbocycles. The zero-order chi connectivity index (χ0) is 18.6. The van der Waals surface area contributed by atoms with Gasteiger partial charge in [-0.3, -0.25) is 0 Å². The molecule has 6 heteroatoms. The Morgan fingerprint density at radius 2 is 1.88 bits per heavy atom. The zero-order valence-electron chi connectivity index (χ0n) is 15.4. The third-order valence-electron chi connectivity index (χ3n) is 4.15. The number of hydrogen-bond acceptors (Lipinski definition) is 3. The van der Waals surface area contributed by atoms with E-state index in [1.807, 2.05) is 16.8 Å². The van der Waals surface area contributed by atoms with Crippen LogP contribution in [0.25, 0.3) is 0 Å². The Hall–Kier alpha value is -1.23. The normalized spacial score (nSPS) is 12.3. The number of aromatic nitrogens is 2. The third kappa shape index (κ3) is 7.98. The number of hydrogen-bond donors (Lipinski definition) is 0. The summed E-state index contributed by atoms with van der Waals surface area (Å²) in [5.41, 5.74) is 0. The van der Waals surface area contributed by atoms with Gasteiger partial charge in [-0.2, -0.15) is 0 Å². The summed E-state index contributed by atoms with van der Waals surface area (Å²) in [5.74, 6) is 0.693. The lowest BCUT2D eigenvalue weighted by atomic mass is 10.1. The van der Waals surface area contributed by atoms with Crippen molar-refractivity contribution in [3.63, 3.8) is 0 Å². The number of halogens is 2. The Morgan fingerprint density at radius 3 is 2.62 bits per heavy atom. The van der Waals surface area contributed by atoms with Crippen LogP contribution in [0.2, 0.25) is 10.0 Å². The summed E-state index contributed by atoms with van der Waals surface area (Å²) in [5, 5.41) is 1.01. The first-order chi connectivity index (χ1) is 12.7. The van der Waals surface area contributed by atoms with Gasteiger partial charge in [0.1, 0.15) is 18.5 Å². The molecule has 0 bridgehead atoms. The fraction of sp³-hybridized carbons (Fsp3) is 0.550. The van der Waals surface area contributed by atoms with Crippen LogP contribution in [0, 0.1) is 0 Å². The van der Waals surface area contributed by atoms with E-state index in [2.05, 4.69) is 11.9 Å². The molecule has 144 valence electrons. The molecular weight excluding hydrogens is 371 g/mol. The molecule has 0 aliphatic heterocycles. The van der Waals surface area contributed by atoms with Gasteiger partial charge in [-0.25, -0.2) is 4.98 Å². The van der Waals surface area contributed by atoms with Crippen LogP contribution in [0.3, 0.4) is 0 Å². The van der Waals surface area contributed by atoms with Crippen molar-refractivity contribution in [2.24, 2.45) is 0 Å². The highest BCUT2D eigenvalue weighted by Crippen LogP contribution is 2.26. The summed E-state index contributed by atoms with van der Waals surface area (Å²) in [7, 11) is 0. The fourth-order valence-electron chi connectivity index (χ4n) is 2.67. The van der Waals surface area contributed by atoms with E-state index in [9.17, 15) is 0 Å². The van der Waals surface area contributed by atoms with Crippen LogP contribution < -0.4 is 4.74 Å². The van der Waals surface area contributed by atoms with Crippen molar-refractivity contribution >= 4 is 23.2 Å². The molecule has 0 radical (unpaired) electrons. The number of unbranched alkanes of at least 4 members (excludes halogenated alkanes) is 5. The minimum absolute atomic E-state index is 0.0469. The van der Waals surface area contributed by atoms with Crippen LogP contribution in [0.5, 0.6) is 5.75 Å². The summed E-state index contributed by atoms with van der Waals surface area (Å²) < 4.78 is 13.9. The number of rotatable bonds is 13. The molecule has 2 aromatic rings. The molecule has 1 unspecified atom stereocenters. The highest BCUT2D eigenvalue weighted by molar-refractivity contribution is 6.42. The SMILES string of the molecule is CCCCCCCCOC(COc1ccc(Cl)c(Cl)c1)Cn1ccnc1. The first-order valence-corrected chi connectivity index (χ1v) is 10.1. The quantitative estimate of drug-likeness (QED) is 0.387. The van der Waals surface area contributed by atoms with Crippen molar-refractivity contribution in [3.05, 3.63) is 47.0 Å². The summed E-state index contributed by atoms with van der Waals surface area (Å²) in [6.45, 7) is 4.14. The predicted octanol–water partition coefficient (Wildman–Crippen LogP) is 6.01. The van der Waals surface area contributed by atoms with E-state index >= 15 is 0 Å². The Morgan fingerprint density at radius 1 is 1.08 bits per heavy atom. The van der Waals surface area contributed by atoms with Gasteiger partial charge in [-0.15, -0.1) is 0 Å². The fourth-order valence-corrected chi connectivity index (χ4v) is 2.96. The lowest BCUT2D eigenvalue weighted by molar-refractivity contribution is 0.00808. The standard InChI is InChI=1S/C20H28Cl2N2O2/c1-2-3-4-5-6-7-12-25-18(14-24-11-10-23-16-24)15-26-17-8-9-19(21)20(22)13-17/h8-11,13,16,18H,2-7,12,14-15H2,1H3. The molecule has 2 rings (SSSR count). The van der Waals surface area contributed by atoms with Gasteiger partial charge in [0.15, 0.2) is 0 Å². The molecule has 26 heavy (non-hydrogen) atoms. The van der Waals surface area contributed by atoms with Gasteiger partial charge in [0.05, 0.1) is 22.9 Å². The van der Waals surface area contributed by atoms with E-state index in [0.717, 1.165) is 13.0 Å². The monoisotopic (exact) mass is 398 g/mol. The second-order valence-electron chi connectivity index (χ2n) is 6.41. The largest absolute Gasteiger partial charge is 0.491 e. The summed E-state index contributed by atoms with van der Waals surface area (Å²) in [6, 6.07) is 5.28. The number of ether oxygens (including phenoxy) is 2. The summed E-state index contributed by atoms with van der Waals surface area (Å²) in [4.78, 5) is 4.09. The Labute approximate surface area is 166 Å². The molecule has 0 N–H and O–H groups in total. The molecule has 1 atom stereocenters. The van der Waals surface area contributed by atoms with Crippen molar-refractivity contribution in [2.45, 2.75) is 58.1 Å². The molecule has 0 spiro atoms. The van der Waals surface area contributed by atoms with Crippen LogP contribution >= 0.6 is 23.2 Å². The van der Waals surface area contributed by atoms with E-state index in [1.165, 1.54) is 32.1 Å². The van der Waals surface area contributed by atoms with Crippen molar-refractivity contribution in [3.8, 4) is 5.75 Å². The second kappa shape index (κ2) is 12.2. The number of benzene rings is 1. The third-order valence-corrected chi connectivity index (χ3v) is 4.89. The van der Waals surface area contributed by atoms with Crippen LogP contribution in [0.15, 0.2) is 36.9 Å². The highest BCUT2D eigenvalue weighted by Gasteiger charge is 2.12. The lowest BCUT2D eigenvalue weighted by Crippen LogP contribution is -2.27. The predicted molar refractivity (Wildman–Crippen MR) is 107 cm³/mol. The van der Waals surface area contributed by atoms with Crippen molar-refractivity contribution in [2.75, 3.05) is 13.2 Å². The maximum absolute atomic E-state index is 6.07. The van der Waals surface area contributed by atoms with Crippen LogP contribution in [-0.2, 0) is 11.3 Å². The Bertz CT molecular complexity index is 620. The molecule has 0 aliphatic carbocycles. The number of nitrogens with zero attached hydrogens (tertiary/aromatic N) is 2. The molecule has 0 saturated heterocycles. The topological polar surface area (TPSA) is 36.3 Å². The first-order valence-electron chi connectivity index (χ1n) is 9.34. The summed E-state index contributed by atoms with van der Waals surface area (Å²) in [6.07, 6.45) is 12.9. The Balaban J connectivity index is 1.78. The van der Waals surface area contributed by atoms with Gasteiger partial charge in [0.2, 0.25) is 0 Å². The van der Waals surface area contributed by atoms with Gasteiger partial charge in [0, 0.05) is 25.1 Å². The van der Waals surface area contributed by atoms with Crippen LogP contribution in [0.4, 0.5) is 0 Å². The maximum atomic E-state index is 6.07. The number of imidazole rings is 1. The van der Waals surface area contributed by atoms with Gasteiger partial charge in [-0.1, -0.05) is 62.2 Å². The van der Waals surface area contributed by atoms with E-state index in [1.54, 1.807) is 24.7 Å². The van der Waals surface area contributed by atoms with Gasteiger partial charge in [-0.05, 0) is 18.6 Å². The average Bonchev–Trinajstić information content (AvgIpc) is 3.14. The molecule has 1 aromatic heterocycles. The van der Waals surface area contributed by atoms with Gasteiger partial charge in [0.25, 0.3) is 0 Å². The molecule has 1 heterocycles. The van der Waals surface area contributed by atoms with Crippen molar-refractivity contribution in [1.29, 1.82) is 0 Å². The van der Waals surface area contributed by atoms with E-state index in [0.29, 0.717) is 28.9 Å². The second-order valence-corrected chi connectivity index (χ2v) is 7.22. The van der Waals surface area contributed by atoms with Crippen molar-refractivity contribution < 1.29 is 9.47 Å². The first kappa shape index (κ1) is 21.1. The summed E-state index contributed by atoms with van der Waals surface area (Å²) >= 11 is 12.0. The van der Waals surface area contributed by atoms with E-state index in [4.69, 9.17) is 32.7 Å². The minimum atomic E-state index is -0.0469. The smallest absolute Gasteiger partial charge is 0.121 e. The average molecular weight is 399 g/mol. The van der Waals surface area contributed by atoms with E-state index in [-0.39, 0.29) is 6.10 Å². The Kier molecular flexibility index (Phi) is 9.90. The van der Waals surface area contributed by atoms with Crippen LogP contribution in [0.1, 0.15) is 45.4 Å². The molecule has 4 nitrogen and oxygen atoms in total. The van der Waals surface area contributed by atoms with E-state index < -0.39 is 0 Å². The zero-order valence-corrected chi connectivity index (χ0v) is 16.9. The van der Waals surface area contributed by atoms with Gasteiger partial charge < -0.3 is 14.0 Å². The molecule has 0 aliphatic rings. The minimum Gasteiger partial charge on any atom is -0.491 e.